The van der Waals surface area contributed by atoms with Crippen LogP contribution in [0.4, 0.5) is 0 Å². The maximum absolute atomic E-state index is 13.0. The third-order valence-corrected chi connectivity index (χ3v) is 15.7. The van der Waals surface area contributed by atoms with E-state index in [1.807, 2.05) is 27.2 Å². The van der Waals surface area contributed by atoms with Crippen molar-refractivity contribution in [2.45, 2.75) is 341 Å². The van der Waals surface area contributed by atoms with E-state index in [-0.39, 0.29) is 19.1 Å². The number of aliphatic hydroxyl groups is 1. The van der Waals surface area contributed by atoms with Crippen LogP contribution in [0.5, 0.6) is 0 Å². The van der Waals surface area contributed by atoms with Crippen molar-refractivity contribution in [3.63, 3.8) is 0 Å². The Hall–Kier alpha value is -0.760. The van der Waals surface area contributed by atoms with Crippen molar-refractivity contribution in [2.24, 2.45) is 0 Å². The predicted octanol–water partition coefficient (Wildman–Crippen LogP) is 19.4. The molecule has 0 heterocycles. The van der Waals surface area contributed by atoms with Crippen molar-refractivity contribution in [2.75, 3.05) is 40.9 Å². The summed E-state index contributed by atoms with van der Waals surface area (Å²) in [6.45, 7) is 4.88. The van der Waals surface area contributed by atoms with Gasteiger partial charge in [0.15, 0.2) is 0 Å². The van der Waals surface area contributed by atoms with Crippen LogP contribution < -0.4 is 5.32 Å². The average Bonchev–Trinajstić information content (AvgIpc) is 3.33. The Labute approximate surface area is 443 Å². The molecule has 0 aliphatic carbocycles. The standard InChI is InChI=1S/C62H125N2O6P/c1-6-8-10-12-14-16-18-20-22-24-26-28-29-30-31-32-33-34-35-36-38-40-42-44-46-48-50-52-54-56-62(66)63-60(59-70-71(67,68)69-58-57-64(3,4)5)61(65)55-53-51-49-47-45-43-41-39-37-27-25-23-21-19-17-15-13-11-9-7-2/h53,55,60-61,65H,6-52,54,56-59H2,1-5H3,(H-,63,66,67,68)/p+1/b55-53+. The number of carbonyl (C=O) groups is 1. The monoisotopic (exact) mass is 1030 g/mol. The van der Waals surface area contributed by atoms with E-state index in [4.69, 9.17) is 9.05 Å². The maximum atomic E-state index is 13.0. The van der Waals surface area contributed by atoms with Crippen molar-refractivity contribution < 1.29 is 32.9 Å². The molecule has 0 rings (SSSR count). The lowest BCUT2D eigenvalue weighted by molar-refractivity contribution is -0.870. The lowest BCUT2D eigenvalue weighted by atomic mass is 10.0. The van der Waals surface area contributed by atoms with Crippen molar-refractivity contribution in [3.8, 4) is 0 Å². The first-order chi connectivity index (χ1) is 34.5. The number of hydrogen-bond donors (Lipinski definition) is 3. The summed E-state index contributed by atoms with van der Waals surface area (Å²) in [5, 5.41) is 14.0. The number of hydrogen-bond acceptors (Lipinski definition) is 5. The van der Waals surface area contributed by atoms with Gasteiger partial charge in [0.1, 0.15) is 13.2 Å². The Balaban J connectivity index is 4.07. The second kappa shape index (κ2) is 54.0. The van der Waals surface area contributed by atoms with Crippen molar-refractivity contribution in [1.29, 1.82) is 0 Å². The SMILES string of the molecule is CCCCCCCCCCCCCCCCCCCC/C=C/C(O)C(COP(=O)(O)OCC[N+](C)(C)C)NC(=O)CCCCCCCCCCCCCCCCCCCCCCCCCCCCCCC. The number of likely N-dealkylation sites (N-methyl/N-ethyl adjacent to an activating group) is 1. The predicted molar refractivity (Wildman–Crippen MR) is 309 cm³/mol. The minimum Gasteiger partial charge on any atom is -0.387 e. The number of quaternary nitrogens is 1. The number of unbranched alkanes of at least 4 members (excludes halogenated alkanes) is 46. The fraction of sp³-hybridized carbons (Fsp3) is 0.952. The Morgan fingerprint density at radius 3 is 1.04 bits per heavy atom. The van der Waals surface area contributed by atoms with Crippen molar-refractivity contribution >= 4 is 13.7 Å². The molecule has 3 unspecified atom stereocenters. The molecule has 0 fully saturated rings. The molecule has 3 atom stereocenters. The molecule has 8 nitrogen and oxygen atoms in total. The Morgan fingerprint density at radius 1 is 0.465 bits per heavy atom. The number of amides is 1. The van der Waals surface area contributed by atoms with E-state index in [9.17, 15) is 19.4 Å². The number of carbonyl (C=O) groups excluding carboxylic acids is 1. The zero-order chi connectivity index (χ0) is 52.0. The van der Waals surface area contributed by atoms with Gasteiger partial charge in [0.2, 0.25) is 5.91 Å². The summed E-state index contributed by atoms with van der Waals surface area (Å²) in [6, 6.07) is -0.842. The fourth-order valence-corrected chi connectivity index (χ4v) is 10.5. The third kappa shape index (κ3) is 56.8. The van der Waals surface area contributed by atoms with Gasteiger partial charge in [-0.25, -0.2) is 4.57 Å². The third-order valence-electron chi connectivity index (χ3n) is 14.8. The van der Waals surface area contributed by atoms with Crippen molar-refractivity contribution in [1.82, 2.24) is 5.32 Å². The zero-order valence-corrected chi connectivity index (χ0v) is 49.4. The van der Waals surface area contributed by atoms with Gasteiger partial charge >= 0.3 is 7.82 Å². The van der Waals surface area contributed by atoms with Crippen LogP contribution in [0.1, 0.15) is 328 Å². The second-order valence-corrected chi connectivity index (χ2v) is 24.6. The van der Waals surface area contributed by atoms with Crippen LogP contribution in [0.3, 0.4) is 0 Å². The summed E-state index contributed by atoms with van der Waals surface area (Å²) < 4.78 is 23.8. The van der Waals surface area contributed by atoms with Gasteiger partial charge < -0.3 is 19.8 Å². The van der Waals surface area contributed by atoms with Crippen LogP contribution in [0.25, 0.3) is 0 Å². The number of phosphoric acid groups is 1. The Kier molecular flexibility index (Phi) is 53.5. The van der Waals surface area contributed by atoms with E-state index < -0.39 is 20.0 Å². The molecule has 0 aromatic heterocycles. The molecule has 0 saturated carbocycles. The molecule has 1 amide bonds. The highest BCUT2D eigenvalue weighted by Crippen LogP contribution is 2.43. The van der Waals surface area contributed by atoms with Gasteiger partial charge in [0, 0.05) is 6.42 Å². The van der Waals surface area contributed by atoms with Gasteiger partial charge in [-0.15, -0.1) is 0 Å². The normalized spacial score (nSPS) is 13.8. The van der Waals surface area contributed by atoms with Crippen LogP contribution in [-0.4, -0.2) is 73.4 Å². The van der Waals surface area contributed by atoms with Crippen LogP contribution >= 0.6 is 7.82 Å². The quantitative estimate of drug-likeness (QED) is 0.0243. The molecule has 0 aliphatic heterocycles. The highest BCUT2D eigenvalue weighted by molar-refractivity contribution is 7.47. The van der Waals surface area contributed by atoms with Gasteiger partial charge in [0.25, 0.3) is 0 Å². The maximum Gasteiger partial charge on any atom is 0.472 e. The minimum absolute atomic E-state index is 0.0653. The summed E-state index contributed by atoms with van der Waals surface area (Å²) in [5.41, 5.74) is 0. The number of rotatable bonds is 59. The summed E-state index contributed by atoms with van der Waals surface area (Å²) >= 11 is 0. The van der Waals surface area contributed by atoms with E-state index >= 15 is 0 Å². The number of nitrogens with zero attached hydrogens (tertiary/aromatic N) is 1. The molecule has 0 radical (unpaired) electrons. The first kappa shape index (κ1) is 70.2. The molecular weight excluding hydrogens is 900 g/mol. The van der Waals surface area contributed by atoms with E-state index in [0.717, 1.165) is 32.1 Å². The van der Waals surface area contributed by atoms with Gasteiger partial charge in [-0.1, -0.05) is 315 Å². The number of aliphatic hydroxyl groups excluding tert-OH is 1. The van der Waals surface area contributed by atoms with Crippen LogP contribution in [0.2, 0.25) is 0 Å². The van der Waals surface area contributed by atoms with Gasteiger partial charge in [-0.3, -0.25) is 13.8 Å². The minimum atomic E-state index is -4.34. The van der Waals surface area contributed by atoms with Crippen LogP contribution in [0, 0.1) is 0 Å². The van der Waals surface area contributed by atoms with Crippen LogP contribution in [-0.2, 0) is 18.4 Å². The fourth-order valence-electron chi connectivity index (χ4n) is 9.81. The summed E-state index contributed by atoms with van der Waals surface area (Å²) in [7, 11) is 1.59. The Morgan fingerprint density at radius 2 is 0.746 bits per heavy atom. The molecular formula is C62H126N2O6P+. The molecule has 0 spiro atoms. The highest BCUT2D eigenvalue weighted by atomic mass is 31.2. The molecule has 9 heteroatoms. The van der Waals surface area contributed by atoms with E-state index in [2.05, 4.69) is 19.2 Å². The average molecular weight is 1030 g/mol. The first-order valence-electron chi connectivity index (χ1n) is 31.6. The topological polar surface area (TPSA) is 105 Å². The molecule has 3 N–H and O–H groups in total. The smallest absolute Gasteiger partial charge is 0.387 e. The van der Waals surface area contributed by atoms with E-state index in [1.165, 1.54) is 276 Å². The van der Waals surface area contributed by atoms with Gasteiger partial charge in [-0.2, -0.15) is 0 Å². The van der Waals surface area contributed by atoms with Crippen LogP contribution in [0.15, 0.2) is 12.2 Å². The lowest BCUT2D eigenvalue weighted by Crippen LogP contribution is -2.45. The van der Waals surface area contributed by atoms with Gasteiger partial charge in [-0.05, 0) is 19.3 Å². The summed E-state index contributed by atoms with van der Waals surface area (Å²) in [6.07, 6.45) is 67.6. The molecule has 424 valence electrons. The zero-order valence-electron chi connectivity index (χ0n) is 48.5. The van der Waals surface area contributed by atoms with Gasteiger partial charge in [0.05, 0.1) is 39.9 Å². The number of nitrogens with one attached hydrogen (secondary N) is 1. The number of allylic oxidation sites excluding steroid dienone is 1. The molecule has 0 bridgehead atoms. The van der Waals surface area contributed by atoms with Crippen molar-refractivity contribution in [3.05, 3.63) is 12.2 Å². The molecule has 0 saturated heterocycles. The summed E-state index contributed by atoms with van der Waals surface area (Å²) in [5.74, 6) is -0.168. The lowest BCUT2D eigenvalue weighted by Gasteiger charge is -2.25. The first-order valence-corrected chi connectivity index (χ1v) is 33.1. The summed E-state index contributed by atoms with van der Waals surface area (Å²) in [4.78, 5) is 23.3. The largest absolute Gasteiger partial charge is 0.472 e. The highest BCUT2D eigenvalue weighted by Gasteiger charge is 2.28. The Bertz CT molecular complexity index is 1160. The second-order valence-electron chi connectivity index (χ2n) is 23.2. The number of phosphoric ester groups is 1. The molecule has 0 aromatic rings. The molecule has 0 aliphatic rings. The molecule has 0 aromatic carbocycles. The van der Waals surface area contributed by atoms with E-state index in [1.54, 1.807) is 6.08 Å². The van der Waals surface area contributed by atoms with E-state index in [0.29, 0.717) is 17.4 Å². The molecule has 71 heavy (non-hydrogen) atoms.